The van der Waals surface area contributed by atoms with E-state index in [1.165, 1.54) is 13.3 Å². The zero-order valence-electron chi connectivity index (χ0n) is 20.1. The zero-order chi connectivity index (χ0) is 25.2. The van der Waals surface area contributed by atoms with Gasteiger partial charge < -0.3 is 19.6 Å². The molecule has 1 saturated heterocycles. The van der Waals surface area contributed by atoms with Crippen LogP contribution in [-0.2, 0) is 20.4 Å². The molecule has 8 nitrogen and oxygen atoms in total. The Morgan fingerprint density at radius 2 is 2.00 bits per heavy atom. The molecule has 3 heterocycles. The van der Waals surface area contributed by atoms with Crippen LogP contribution in [0.1, 0.15) is 41.0 Å². The van der Waals surface area contributed by atoms with Crippen LogP contribution in [0.15, 0.2) is 48.8 Å². The fourth-order valence-electron chi connectivity index (χ4n) is 3.91. The molecule has 0 unspecified atom stereocenters. The van der Waals surface area contributed by atoms with E-state index in [1.807, 2.05) is 31.2 Å². The molecule has 1 amide bonds. The lowest BCUT2D eigenvalue weighted by Gasteiger charge is -2.37. The van der Waals surface area contributed by atoms with Gasteiger partial charge in [-0.05, 0) is 62.2 Å². The van der Waals surface area contributed by atoms with Gasteiger partial charge in [0.05, 0.1) is 37.5 Å². The summed E-state index contributed by atoms with van der Waals surface area (Å²) in [6.45, 7) is 6.04. The highest BCUT2D eigenvalue weighted by Crippen LogP contribution is 2.38. The van der Waals surface area contributed by atoms with Crippen LogP contribution in [0.25, 0.3) is 11.1 Å². The van der Waals surface area contributed by atoms with Crippen molar-refractivity contribution in [1.82, 2.24) is 9.97 Å². The van der Waals surface area contributed by atoms with Gasteiger partial charge in [0.25, 0.3) is 5.91 Å². The first-order valence-electron chi connectivity index (χ1n) is 11.1. The molecule has 4 rings (SSSR count). The number of pyridine rings is 2. The Labute approximate surface area is 203 Å². The number of amides is 1. The average molecular weight is 471 g/mol. The monoisotopic (exact) mass is 470 g/mol. The summed E-state index contributed by atoms with van der Waals surface area (Å²) >= 11 is 0. The SMILES string of the molecule is COc1ncc(-c2cc(NC(=O)c3ccnc(C(C)(C)C#N)c3)ccc2C)cc1C1(C=O)COC1. The van der Waals surface area contributed by atoms with Crippen LogP contribution in [-0.4, -0.2) is 42.5 Å². The van der Waals surface area contributed by atoms with Crippen LogP contribution in [0.5, 0.6) is 5.88 Å². The van der Waals surface area contributed by atoms with Gasteiger partial charge in [-0.15, -0.1) is 0 Å². The predicted octanol–water partition coefficient (Wildman–Crippen LogP) is 3.98. The molecule has 35 heavy (non-hydrogen) atoms. The van der Waals surface area contributed by atoms with Crippen molar-refractivity contribution >= 4 is 17.9 Å². The first-order valence-corrected chi connectivity index (χ1v) is 11.1. The third-order valence-electron chi connectivity index (χ3n) is 6.27. The van der Waals surface area contributed by atoms with Gasteiger partial charge in [-0.1, -0.05) is 6.07 Å². The van der Waals surface area contributed by atoms with Crippen molar-refractivity contribution in [2.75, 3.05) is 25.6 Å². The van der Waals surface area contributed by atoms with Crippen LogP contribution in [0.2, 0.25) is 0 Å². The maximum atomic E-state index is 13.0. The van der Waals surface area contributed by atoms with Crippen molar-refractivity contribution in [2.24, 2.45) is 0 Å². The normalized spacial score (nSPS) is 14.4. The summed E-state index contributed by atoms with van der Waals surface area (Å²) in [6, 6.07) is 12.9. The van der Waals surface area contributed by atoms with Gasteiger partial charge in [0.1, 0.15) is 11.7 Å². The quantitative estimate of drug-likeness (QED) is 0.520. The summed E-state index contributed by atoms with van der Waals surface area (Å²) in [4.78, 5) is 33.5. The fourth-order valence-corrected chi connectivity index (χ4v) is 3.91. The molecule has 8 heteroatoms. The molecule has 178 valence electrons. The zero-order valence-corrected chi connectivity index (χ0v) is 20.1. The Hall–Kier alpha value is -4.09. The first kappa shape index (κ1) is 24.0. The molecular formula is C27H26N4O4. The molecule has 1 N–H and O–H groups in total. The standard InChI is InChI=1S/C27H26N4O4/c1-17-5-6-20(31-24(33)18-7-8-29-23(10-18)26(2,3)13-28)11-21(17)19-9-22(25(34-4)30-12-19)27(14-32)15-35-16-27/h5-12,14H,15-16H2,1-4H3,(H,31,33). The predicted molar refractivity (Wildman–Crippen MR) is 130 cm³/mol. The van der Waals surface area contributed by atoms with Gasteiger partial charge in [-0.3, -0.25) is 9.78 Å². The second-order valence-electron chi connectivity index (χ2n) is 9.20. The van der Waals surface area contributed by atoms with Crippen molar-refractivity contribution in [3.8, 4) is 23.1 Å². The molecule has 1 fully saturated rings. The molecule has 0 aliphatic carbocycles. The van der Waals surface area contributed by atoms with E-state index in [0.717, 1.165) is 23.0 Å². The number of carbonyl (C=O) groups excluding carboxylic acids is 2. The number of ether oxygens (including phenoxy) is 2. The van der Waals surface area contributed by atoms with E-state index in [1.54, 1.807) is 32.2 Å². The van der Waals surface area contributed by atoms with E-state index < -0.39 is 10.8 Å². The van der Waals surface area contributed by atoms with Crippen molar-refractivity contribution in [3.63, 3.8) is 0 Å². The summed E-state index contributed by atoms with van der Waals surface area (Å²) in [5, 5.41) is 12.3. The summed E-state index contributed by atoms with van der Waals surface area (Å²) in [5.41, 5.74) is 3.27. The number of aromatic nitrogens is 2. The van der Waals surface area contributed by atoms with E-state index in [0.29, 0.717) is 28.4 Å². The molecule has 3 aromatic rings. The highest BCUT2D eigenvalue weighted by atomic mass is 16.5. The topological polar surface area (TPSA) is 114 Å². The van der Waals surface area contributed by atoms with Gasteiger partial charge in [0, 0.05) is 34.8 Å². The Morgan fingerprint density at radius 1 is 1.23 bits per heavy atom. The lowest BCUT2D eigenvalue weighted by atomic mass is 9.79. The smallest absolute Gasteiger partial charge is 0.255 e. The molecule has 2 aromatic heterocycles. The number of hydrogen-bond donors (Lipinski definition) is 1. The minimum atomic E-state index is -0.809. The average Bonchev–Trinajstić information content (AvgIpc) is 2.85. The molecule has 1 aliphatic rings. The Balaban J connectivity index is 1.66. The lowest BCUT2D eigenvalue weighted by Crippen LogP contribution is -2.48. The second kappa shape index (κ2) is 9.28. The second-order valence-corrected chi connectivity index (χ2v) is 9.20. The van der Waals surface area contributed by atoms with Crippen LogP contribution in [0, 0.1) is 18.3 Å². The number of carbonyl (C=O) groups is 2. The van der Waals surface area contributed by atoms with Crippen molar-refractivity contribution in [2.45, 2.75) is 31.6 Å². The molecular weight excluding hydrogens is 444 g/mol. The molecule has 0 saturated carbocycles. The van der Waals surface area contributed by atoms with Crippen LogP contribution in [0.4, 0.5) is 5.69 Å². The molecule has 0 bridgehead atoms. The third-order valence-corrected chi connectivity index (χ3v) is 6.27. The molecule has 1 aromatic carbocycles. The van der Waals surface area contributed by atoms with Crippen LogP contribution >= 0.6 is 0 Å². The number of benzene rings is 1. The number of nitrogens with zero attached hydrogens (tertiary/aromatic N) is 3. The number of nitrogens with one attached hydrogen (secondary N) is 1. The fraction of sp³-hybridized carbons (Fsp3) is 0.296. The number of aryl methyl sites for hydroxylation is 1. The molecule has 0 spiro atoms. The van der Waals surface area contributed by atoms with Gasteiger partial charge in [0.2, 0.25) is 5.88 Å². The Morgan fingerprint density at radius 3 is 2.63 bits per heavy atom. The van der Waals surface area contributed by atoms with E-state index in [2.05, 4.69) is 21.4 Å². The number of methoxy groups -OCH3 is 1. The van der Waals surface area contributed by atoms with Gasteiger partial charge in [-0.25, -0.2) is 4.98 Å². The van der Waals surface area contributed by atoms with E-state index in [4.69, 9.17) is 9.47 Å². The molecule has 0 atom stereocenters. The molecule has 1 aliphatic heterocycles. The summed E-state index contributed by atoms with van der Waals surface area (Å²) in [5.74, 6) is 0.0808. The van der Waals surface area contributed by atoms with Gasteiger partial charge in [0.15, 0.2) is 0 Å². The number of nitriles is 1. The first-order chi connectivity index (χ1) is 16.7. The summed E-state index contributed by atoms with van der Waals surface area (Å²) in [7, 11) is 1.52. The number of rotatable bonds is 7. The minimum absolute atomic E-state index is 0.281. The minimum Gasteiger partial charge on any atom is -0.481 e. The summed E-state index contributed by atoms with van der Waals surface area (Å²) in [6.07, 6.45) is 4.11. The van der Waals surface area contributed by atoms with E-state index >= 15 is 0 Å². The summed E-state index contributed by atoms with van der Waals surface area (Å²) < 4.78 is 10.7. The van der Waals surface area contributed by atoms with E-state index in [9.17, 15) is 14.9 Å². The Kier molecular flexibility index (Phi) is 6.37. The maximum absolute atomic E-state index is 13.0. The highest BCUT2D eigenvalue weighted by Gasteiger charge is 2.43. The number of hydrogen-bond acceptors (Lipinski definition) is 7. The molecule has 0 radical (unpaired) electrons. The van der Waals surface area contributed by atoms with Crippen molar-refractivity contribution in [1.29, 1.82) is 5.26 Å². The lowest BCUT2D eigenvalue weighted by molar-refractivity contribution is -0.130. The number of aldehydes is 1. The van der Waals surface area contributed by atoms with Gasteiger partial charge >= 0.3 is 0 Å². The third kappa shape index (κ3) is 4.51. The Bertz CT molecular complexity index is 1340. The van der Waals surface area contributed by atoms with Crippen molar-refractivity contribution < 1.29 is 19.1 Å². The van der Waals surface area contributed by atoms with Gasteiger partial charge in [-0.2, -0.15) is 5.26 Å². The van der Waals surface area contributed by atoms with Crippen LogP contribution < -0.4 is 10.1 Å². The van der Waals surface area contributed by atoms with E-state index in [-0.39, 0.29) is 19.1 Å². The maximum Gasteiger partial charge on any atom is 0.255 e. The largest absolute Gasteiger partial charge is 0.481 e. The van der Waals surface area contributed by atoms with Crippen LogP contribution in [0.3, 0.4) is 0 Å². The van der Waals surface area contributed by atoms with Crippen molar-refractivity contribution in [3.05, 3.63) is 71.2 Å². The highest BCUT2D eigenvalue weighted by molar-refractivity contribution is 6.04. The number of anilines is 1.